The minimum absolute atomic E-state index is 0.470. The zero-order valence-electron chi connectivity index (χ0n) is 18.9. The maximum Gasteiger partial charge on any atom is 0.148 e. The number of benzene rings is 3. The molecule has 172 valence electrons. The van der Waals surface area contributed by atoms with Crippen molar-refractivity contribution in [3.8, 4) is 17.2 Å². The molecule has 3 heterocycles. The molecule has 0 atom stereocenters. The van der Waals surface area contributed by atoms with Crippen LogP contribution < -0.4 is 0 Å². The molecule has 1 fully saturated rings. The maximum atomic E-state index is 9.98. The van der Waals surface area contributed by atoms with Crippen LogP contribution in [-0.2, 0) is 10.2 Å². The smallest absolute Gasteiger partial charge is 0.148 e. The number of aromatic nitrogens is 2. The van der Waals surface area contributed by atoms with Gasteiger partial charge in [-0.2, -0.15) is 5.26 Å². The molecule has 4 nitrogen and oxygen atoms in total. The number of rotatable bonds is 4. The van der Waals surface area contributed by atoms with Crippen molar-refractivity contribution in [1.29, 1.82) is 5.26 Å². The fourth-order valence-corrected chi connectivity index (χ4v) is 6.00. The van der Waals surface area contributed by atoms with Gasteiger partial charge in [-0.3, -0.25) is 4.40 Å². The lowest BCUT2D eigenvalue weighted by Crippen LogP contribution is -2.32. The number of hydrogen-bond donors (Lipinski definition) is 0. The topological polar surface area (TPSA) is 50.3 Å². The van der Waals surface area contributed by atoms with Crippen molar-refractivity contribution in [3.63, 3.8) is 0 Å². The Balaban J connectivity index is 1.43. The van der Waals surface area contributed by atoms with Crippen molar-refractivity contribution < 1.29 is 4.74 Å². The minimum atomic E-state index is -0.470. The Morgan fingerprint density at radius 2 is 1.74 bits per heavy atom. The van der Waals surface area contributed by atoms with Gasteiger partial charge in [0.2, 0.25) is 0 Å². The van der Waals surface area contributed by atoms with Crippen molar-refractivity contribution in [2.24, 2.45) is 0 Å². The number of fused-ring (bicyclic) bond motifs is 3. The van der Waals surface area contributed by atoms with E-state index in [2.05, 4.69) is 76.1 Å². The number of pyridine rings is 1. The minimum Gasteiger partial charge on any atom is -0.381 e. The summed E-state index contributed by atoms with van der Waals surface area (Å²) in [4.78, 5) is 6.75. The SMILES string of the molecule is N#CC1(c2cccc(Sc3ccc4c(-c5ccccc5)cc5nc(Cl)cn5c4c3)c2)CCOCC1. The second kappa shape index (κ2) is 9.05. The summed E-state index contributed by atoms with van der Waals surface area (Å²) in [6.45, 7) is 1.26. The summed E-state index contributed by atoms with van der Waals surface area (Å²) in [5, 5.41) is 11.6. The van der Waals surface area contributed by atoms with Crippen molar-refractivity contribution in [3.05, 3.63) is 95.8 Å². The normalized spacial score (nSPS) is 15.3. The molecule has 6 heteroatoms. The molecule has 0 amide bonds. The maximum absolute atomic E-state index is 9.98. The van der Waals surface area contributed by atoms with Crippen LogP contribution in [0.25, 0.3) is 27.7 Å². The van der Waals surface area contributed by atoms with Gasteiger partial charge < -0.3 is 4.74 Å². The Labute approximate surface area is 213 Å². The monoisotopic (exact) mass is 495 g/mol. The summed E-state index contributed by atoms with van der Waals surface area (Å²) in [5.41, 5.74) is 4.75. The molecule has 0 N–H and O–H groups in total. The van der Waals surface area contributed by atoms with Gasteiger partial charge in [0.1, 0.15) is 10.8 Å². The molecule has 0 aliphatic carbocycles. The third kappa shape index (κ3) is 4.08. The molecule has 5 aromatic rings. The van der Waals surface area contributed by atoms with Crippen LogP contribution in [0.3, 0.4) is 0 Å². The highest BCUT2D eigenvalue weighted by Gasteiger charge is 2.34. The van der Waals surface area contributed by atoms with Crippen molar-refractivity contribution >= 4 is 39.9 Å². The predicted octanol–water partition coefficient (Wildman–Crippen LogP) is 7.53. The molecule has 35 heavy (non-hydrogen) atoms. The summed E-state index contributed by atoms with van der Waals surface area (Å²) < 4.78 is 7.57. The molecular formula is C29H22ClN3OS. The third-order valence-electron chi connectivity index (χ3n) is 6.76. The van der Waals surface area contributed by atoms with Gasteiger partial charge in [0.05, 0.1) is 17.0 Å². The Bertz CT molecular complexity index is 1580. The van der Waals surface area contributed by atoms with E-state index in [1.54, 1.807) is 11.8 Å². The average molecular weight is 496 g/mol. The van der Waals surface area contributed by atoms with Crippen LogP contribution in [0.15, 0.2) is 94.9 Å². The summed E-state index contributed by atoms with van der Waals surface area (Å²) in [5.74, 6) is 0. The number of imidazole rings is 1. The van der Waals surface area contributed by atoms with Gasteiger partial charge in [0.15, 0.2) is 0 Å². The Kier molecular flexibility index (Phi) is 5.74. The molecular weight excluding hydrogens is 474 g/mol. The molecule has 0 spiro atoms. The van der Waals surface area contributed by atoms with Crippen LogP contribution in [-0.4, -0.2) is 22.6 Å². The standard InChI is InChI=1S/C29H22ClN3OS/c30-27-18-33-26-16-23(9-10-24(26)25(17-28(33)32-27)20-5-2-1-3-6-20)35-22-8-4-7-21(15-22)29(19-31)11-13-34-14-12-29/h1-10,15-18H,11-14H2. The second-order valence-corrected chi connectivity index (χ2v) is 10.4. The van der Waals surface area contributed by atoms with Gasteiger partial charge in [-0.15, -0.1) is 0 Å². The molecule has 0 unspecified atom stereocenters. The molecule has 1 aliphatic rings. The molecule has 0 radical (unpaired) electrons. The number of hydrogen-bond acceptors (Lipinski definition) is 4. The first-order valence-corrected chi connectivity index (χ1v) is 12.8. The summed E-state index contributed by atoms with van der Waals surface area (Å²) in [7, 11) is 0. The van der Waals surface area contributed by atoms with Crippen LogP contribution in [0.2, 0.25) is 5.15 Å². The van der Waals surface area contributed by atoms with Crippen LogP contribution in [0, 0.1) is 11.3 Å². The summed E-state index contributed by atoms with van der Waals surface area (Å²) in [6, 6.07) is 29.9. The highest BCUT2D eigenvalue weighted by molar-refractivity contribution is 7.99. The lowest BCUT2D eigenvalue weighted by molar-refractivity contribution is 0.0675. The number of nitrogens with zero attached hydrogens (tertiary/aromatic N) is 3. The van der Waals surface area contributed by atoms with E-state index < -0.39 is 5.41 Å². The molecule has 1 aliphatic heterocycles. The molecule has 6 rings (SSSR count). The third-order valence-corrected chi connectivity index (χ3v) is 7.93. The van der Waals surface area contributed by atoms with Gasteiger partial charge in [0, 0.05) is 34.6 Å². The van der Waals surface area contributed by atoms with E-state index in [1.165, 1.54) is 0 Å². The van der Waals surface area contributed by atoms with Crippen LogP contribution in [0.5, 0.6) is 0 Å². The molecule has 0 bridgehead atoms. The average Bonchev–Trinajstić information content (AvgIpc) is 3.29. The van der Waals surface area contributed by atoms with E-state index in [9.17, 15) is 5.26 Å². The largest absolute Gasteiger partial charge is 0.381 e. The lowest BCUT2D eigenvalue weighted by Gasteiger charge is -2.31. The van der Waals surface area contributed by atoms with E-state index in [0.29, 0.717) is 18.4 Å². The van der Waals surface area contributed by atoms with Crippen molar-refractivity contribution in [2.45, 2.75) is 28.0 Å². The van der Waals surface area contributed by atoms with Crippen LogP contribution in [0.4, 0.5) is 0 Å². The number of halogens is 1. The molecule has 3 aromatic carbocycles. The van der Waals surface area contributed by atoms with E-state index in [-0.39, 0.29) is 0 Å². The molecule has 1 saturated heterocycles. The van der Waals surface area contributed by atoms with Crippen molar-refractivity contribution in [1.82, 2.24) is 9.38 Å². The van der Waals surface area contributed by atoms with Crippen LogP contribution >= 0.6 is 23.4 Å². The van der Waals surface area contributed by atoms with E-state index in [0.717, 1.165) is 55.9 Å². The quantitative estimate of drug-likeness (QED) is 0.258. The predicted molar refractivity (Wildman–Crippen MR) is 141 cm³/mol. The second-order valence-electron chi connectivity index (χ2n) is 8.83. The van der Waals surface area contributed by atoms with E-state index in [1.807, 2.05) is 24.4 Å². The highest BCUT2D eigenvalue weighted by atomic mass is 35.5. The van der Waals surface area contributed by atoms with E-state index in [4.69, 9.17) is 16.3 Å². The zero-order chi connectivity index (χ0) is 23.8. The lowest BCUT2D eigenvalue weighted by atomic mass is 9.75. The first kappa shape index (κ1) is 22.2. The first-order valence-electron chi connectivity index (χ1n) is 11.6. The van der Waals surface area contributed by atoms with Gasteiger partial charge in [-0.05, 0) is 59.9 Å². The summed E-state index contributed by atoms with van der Waals surface area (Å²) in [6.07, 6.45) is 3.33. The van der Waals surface area contributed by atoms with E-state index >= 15 is 0 Å². The summed E-state index contributed by atoms with van der Waals surface area (Å²) >= 11 is 8.00. The van der Waals surface area contributed by atoms with Gasteiger partial charge >= 0.3 is 0 Å². The Morgan fingerprint density at radius 3 is 2.54 bits per heavy atom. The molecule has 2 aromatic heterocycles. The Morgan fingerprint density at radius 1 is 0.943 bits per heavy atom. The zero-order valence-corrected chi connectivity index (χ0v) is 20.5. The van der Waals surface area contributed by atoms with Gasteiger partial charge in [0.25, 0.3) is 0 Å². The van der Waals surface area contributed by atoms with Gasteiger partial charge in [-0.25, -0.2) is 4.98 Å². The number of ether oxygens (including phenoxy) is 1. The highest BCUT2D eigenvalue weighted by Crippen LogP contribution is 2.39. The fraction of sp³-hybridized carbons (Fsp3) is 0.172. The Hall–Kier alpha value is -3.30. The molecule has 0 saturated carbocycles. The fourth-order valence-electron chi connectivity index (χ4n) is 4.90. The number of nitriles is 1. The first-order chi connectivity index (χ1) is 17.1. The van der Waals surface area contributed by atoms with Crippen LogP contribution in [0.1, 0.15) is 18.4 Å². The van der Waals surface area contributed by atoms with Gasteiger partial charge in [-0.1, -0.05) is 71.9 Å². The van der Waals surface area contributed by atoms with Crippen molar-refractivity contribution in [2.75, 3.05) is 13.2 Å².